The fraction of sp³-hybridized carbons (Fsp3) is 0.417. The Hall–Kier alpha value is -1.58. The van der Waals surface area contributed by atoms with Gasteiger partial charge < -0.3 is 10.4 Å². The highest BCUT2D eigenvalue weighted by atomic mass is 19.1. The van der Waals surface area contributed by atoms with Crippen molar-refractivity contribution in [3.63, 3.8) is 0 Å². The van der Waals surface area contributed by atoms with Gasteiger partial charge in [0.15, 0.2) is 11.6 Å². The van der Waals surface area contributed by atoms with Crippen molar-refractivity contribution in [3.8, 4) is 5.75 Å². The van der Waals surface area contributed by atoms with Crippen LogP contribution in [0.4, 0.5) is 10.1 Å². The molecule has 0 aliphatic rings. The zero-order valence-corrected chi connectivity index (χ0v) is 9.46. The maximum atomic E-state index is 12.9. The van der Waals surface area contributed by atoms with Crippen molar-refractivity contribution in [2.75, 3.05) is 5.32 Å². The maximum absolute atomic E-state index is 12.9. The van der Waals surface area contributed by atoms with Gasteiger partial charge in [0.05, 0.1) is 0 Å². The largest absolute Gasteiger partial charge is 0.505 e. The molecular formula is C12H16FNO2. The summed E-state index contributed by atoms with van der Waals surface area (Å²) in [6, 6.07) is 3.78. The van der Waals surface area contributed by atoms with Crippen LogP contribution in [0, 0.1) is 11.7 Å². The van der Waals surface area contributed by atoms with Crippen molar-refractivity contribution < 1.29 is 14.3 Å². The molecule has 16 heavy (non-hydrogen) atoms. The van der Waals surface area contributed by atoms with Crippen molar-refractivity contribution in [3.05, 3.63) is 24.0 Å². The lowest BCUT2D eigenvalue weighted by Crippen LogP contribution is -2.12. The second kappa shape index (κ2) is 5.49. The molecule has 0 spiro atoms. The molecular weight excluding hydrogens is 209 g/mol. The quantitative estimate of drug-likeness (QED) is 0.774. The molecule has 0 atom stereocenters. The van der Waals surface area contributed by atoms with E-state index in [1.54, 1.807) is 0 Å². The second-order valence-electron chi connectivity index (χ2n) is 4.15. The molecule has 1 aromatic rings. The Balaban J connectivity index is 2.53. The minimum atomic E-state index is -0.735. The Kier molecular flexibility index (Phi) is 4.28. The number of rotatable bonds is 4. The number of anilines is 1. The lowest BCUT2D eigenvalue weighted by atomic mass is 10.1. The molecule has 0 fully saturated rings. The summed E-state index contributed by atoms with van der Waals surface area (Å²) < 4.78 is 12.9. The molecule has 1 rings (SSSR count). The molecule has 0 heterocycles. The summed E-state index contributed by atoms with van der Waals surface area (Å²) in [6.07, 6.45) is 1.21. The smallest absolute Gasteiger partial charge is 0.224 e. The van der Waals surface area contributed by atoms with E-state index in [9.17, 15) is 9.18 Å². The summed E-state index contributed by atoms with van der Waals surface area (Å²) >= 11 is 0. The van der Waals surface area contributed by atoms with Crippen molar-refractivity contribution in [2.24, 2.45) is 5.92 Å². The fourth-order valence-electron chi connectivity index (χ4n) is 1.23. The first-order chi connectivity index (χ1) is 7.49. The molecule has 0 saturated carbocycles. The van der Waals surface area contributed by atoms with Gasteiger partial charge in [0.1, 0.15) is 0 Å². The molecule has 0 radical (unpaired) electrons. The van der Waals surface area contributed by atoms with E-state index >= 15 is 0 Å². The highest BCUT2D eigenvalue weighted by Gasteiger charge is 2.06. The molecule has 1 amide bonds. The third kappa shape index (κ3) is 3.88. The number of phenols is 1. The Bertz CT molecular complexity index is 377. The SMILES string of the molecule is CC(C)CCC(=O)Nc1ccc(O)c(F)c1. The van der Waals surface area contributed by atoms with Gasteiger partial charge in [-0.3, -0.25) is 4.79 Å². The number of hydrogen-bond acceptors (Lipinski definition) is 2. The van der Waals surface area contributed by atoms with Crippen molar-refractivity contribution in [2.45, 2.75) is 26.7 Å². The molecule has 0 aromatic heterocycles. The lowest BCUT2D eigenvalue weighted by molar-refractivity contribution is -0.116. The standard InChI is InChI=1S/C12H16FNO2/c1-8(2)3-6-12(16)14-9-4-5-11(15)10(13)7-9/h4-5,7-8,15H,3,6H2,1-2H3,(H,14,16). The van der Waals surface area contributed by atoms with Gasteiger partial charge in [0.25, 0.3) is 0 Å². The highest BCUT2D eigenvalue weighted by molar-refractivity contribution is 5.90. The Morgan fingerprint density at radius 1 is 1.50 bits per heavy atom. The molecule has 1 aromatic carbocycles. The Labute approximate surface area is 94.3 Å². The van der Waals surface area contributed by atoms with Gasteiger partial charge in [-0.15, -0.1) is 0 Å². The summed E-state index contributed by atoms with van der Waals surface area (Å²) in [7, 11) is 0. The van der Waals surface area contributed by atoms with Crippen LogP contribution in [-0.4, -0.2) is 11.0 Å². The van der Waals surface area contributed by atoms with Crippen LogP contribution in [0.1, 0.15) is 26.7 Å². The highest BCUT2D eigenvalue weighted by Crippen LogP contribution is 2.19. The minimum Gasteiger partial charge on any atom is -0.505 e. The maximum Gasteiger partial charge on any atom is 0.224 e. The first kappa shape index (κ1) is 12.5. The zero-order chi connectivity index (χ0) is 12.1. The van der Waals surface area contributed by atoms with Crippen LogP contribution in [0.15, 0.2) is 18.2 Å². The van der Waals surface area contributed by atoms with Crippen LogP contribution in [0.3, 0.4) is 0 Å². The summed E-state index contributed by atoms with van der Waals surface area (Å²) in [6.45, 7) is 4.07. The third-order valence-electron chi connectivity index (χ3n) is 2.18. The Morgan fingerprint density at radius 3 is 2.75 bits per heavy atom. The number of nitrogens with one attached hydrogen (secondary N) is 1. The van der Waals surface area contributed by atoms with Crippen LogP contribution in [0.25, 0.3) is 0 Å². The summed E-state index contributed by atoms with van der Waals surface area (Å²) in [4.78, 5) is 11.4. The summed E-state index contributed by atoms with van der Waals surface area (Å²) in [5.41, 5.74) is 0.365. The average Bonchev–Trinajstić information content (AvgIpc) is 2.21. The van der Waals surface area contributed by atoms with E-state index in [2.05, 4.69) is 5.32 Å². The zero-order valence-electron chi connectivity index (χ0n) is 9.46. The molecule has 0 saturated heterocycles. The molecule has 3 nitrogen and oxygen atoms in total. The number of halogens is 1. The third-order valence-corrected chi connectivity index (χ3v) is 2.18. The number of amides is 1. The van der Waals surface area contributed by atoms with Gasteiger partial charge in [-0.05, 0) is 24.5 Å². The van der Waals surface area contributed by atoms with Crippen LogP contribution in [-0.2, 0) is 4.79 Å². The topological polar surface area (TPSA) is 49.3 Å². The molecule has 0 unspecified atom stereocenters. The van der Waals surface area contributed by atoms with Crippen molar-refractivity contribution >= 4 is 11.6 Å². The van der Waals surface area contributed by atoms with Gasteiger partial charge in [-0.1, -0.05) is 13.8 Å². The predicted octanol–water partition coefficient (Wildman–Crippen LogP) is 2.91. The summed E-state index contributed by atoms with van der Waals surface area (Å²) in [5, 5.41) is 11.5. The molecule has 0 bridgehead atoms. The van der Waals surface area contributed by atoms with Crippen LogP contribution < -0.4 is 5.32 Å². The van der Waals surface area contributed by atoms with Crippen molar-refractivity contribution in [1.29, 1.82) is 0 Å². The number of phenolic OH excluding ortho intramolecular Hbond substituents is 1. The van der Waals surface area contributed by atoms with E-state index in [1.165, 1.54) is 12.1 Å². The van der Waals surface area contributed by atoms with Crippen LogP contribution in [0.5, 0.6) is 5.75 Å². The first-order valence-electron chi connectivity index (χ1n) is 5.27. The van der Waals surface area contributed by atoms with E-state index in [-0.39, 0.29) is 5.91 Å². The number of hydrogen-bond donors (Lipinski definition) is 2. The van der Waals surface area contributed by atoms with Crippen LogP contribution in [0.2, 0.25) is 0 Å². The van der Waals surface area contributed by atoms with Gasteiger partial charge in [-0.25, -0.2) is 4.39 Å². The number of carbonyl (C=O) groups excluding carboxylic acids is 1. The molecule has 0 aliphatic heterocycles. The normalized spacial score (nSPS) is 10.5. The van der Waals surface area contributed by atoms with Gasteiger partial charge in [-0.2, -0.15) is 0 Å². The van der Waals surface area contributed by atoms with E-state index < -0.39 is 11.6 Å². The fourth-order valence-corrected chi connectivity index (χ4v) is 1.23. The molecule has 0 aliphatic carbocycles. The molecule has 2 N–H and O–H groups in total. The summed E-state index contributed by atoms with van der Waals surface area (Å²) in [5.74, 6) is -0.831. The lowest BCUT2D eigenvalue weighted by Gasteiger charge is -2.07. The Morgan fingerprint density at radius 2 is 2.19 bits per heavy atom. The van der Waals surface area contributed by atoms with Crippen molar-refractivity contribution in [1.82, 2.24) is 0 Å². The van der Waals surface area contributed by atoms with Gasteiger partial charge in [0, 0.05) is 18.2 Å². The number of aromatic hydroxyl groups is 1. The van der Waals surface area contributed by atoms with Gasteiger partial charge >= 0.3 is 0 Å². The predicted molar refractivity (Wildman–Crippen MR) is 60.8 cm³/mol. The van der Waals surface area contributed by atoms with E-state index in [4.69, 9.17) is 5.11 Å². The molecule has 4 heteroatoms. The monoisotopic (exact) mass is 225 g/mol. The first-order valence-corrected chi connectivity index (χ1v) is 5.27. The minimum absolute atomic E-state index is 0.140. The van der Waals surface area contributed by atoms with E-state index in [0.717, 1.165) is 12.5 Å². The second-order valence-corrected chi connectivity index (χ2v) is 4.15. The number of carbonyl (C=O) groups is 1. The average molecular weight is 225 g/mol. The van der Waals surface area contributed by atoms with E-state index in [0.29, 0.717) is 18.0 Å². The molecule has 88 valence electrons. The van der Waals surface area contributed by atoms with E-state index in [1.807, 2.05) is 13.8 Å². The number of benzene rings is 1. The van der Waals surface area contributed by atoms with Crippen LogP contribution >= 0.6 is 0 Å². The van der Waals surface area contributed by atoms with Gasteiger partial charge in [0.2, 0.25) is 5.91 Å².